The van der Waals surface area contributed by atoms with Crippen molar-refractivity contribution in [3.63, 3.8) is 0 Å². The Balaban J connectivity index is 1.66. The van der Waals surface area contributed by atoms with Crippen LogP contribution in [0.25, 0.3) is 10.2 Å². The van der Waals surface area contributed by atoms with Crippen LogP contribution in [0.3, 0.4) is 0 Å². The minimum atomic E-state index is -0.889. The monoisotopic (exact) mass is 416 g/mol. The summed E-state index contributed by atoms with van der Waals surface area (Å²) in [6.45, 7) is 3.71. The van der Waals surface area contributed by atoms with Crippen LogP contribution in [0, 0.1) is 0 Å². The molecule has 1 aliphatic heterocycles. The summed E-state index contributed by atoms with van der Waals surface area (Å²) in [6.07, 6.45) is 6.92. The molecule has 0 radical (unpaired) electrons. The zero-order valence-electron chi connectivity index (χ0n) is 17.7. The van der Waals surface area contributed by atoms with E-state index < -0.39 is 5.54 Å². The molecular weight excluding hydrogens is 384 g/mol. The fourth-order valence-corrected chi connectivity index (χ4v) is 5.51. The summed E-state index contributed by atoms with van der Waals surface area (Å²) in [5, 5.41) is 5.36. The number of aromatic nitrogens is 1. The molecule has 1 fully saturated rings. The third kappa shape index (κ3) is 3.82. The van der Waals surface area contributed by atoms with Gasteiger partial charge in [0.05, 0.1) is 16.8 Å². The standard InChI is InChI=1S/C22H32N4O2S/c1-22(21(28)23-16-8-6-4-5-7-9-16)15-25-17-10-13-29-19(17)14-18(25)20(27)26(22)12-11-24(2)3/h10,13-14,16H,4-9,11-12,15H2,1-3H3,(H,23,28)/t22-/m0/s1. The van der Waals surface area contributed by atoms with E-state index in [1.165, 1.54) is 25.7 Å². The zero-order valence-corrected chi connectivity index (χ0v) is 18.6. The van der Waals surface area contributed by atoms with Crippen LogP contribution in [0.4, 0.5) is 0 Å². The van der Waals surface area contributed by atoms with Crippen LogP contribution < -0.4 is 5.32 Å². The third-order valence-corrected chi connectivity index (χ3v) is 7.35. The Kier molecular flexibility index (Phi) is 5.71. The zero-order chi connectivity index (χ0) is 20.6. The molecule has 0 unspecified atom stereocenters. The van der Waals surface area contributed by atoms with Crippen molar-refractivity contribution in [2.45, 2.75) is 63.6 Å². The Bertz CT molecular complexity index is 894. The summed E-state index contributed by atoms with van der Waals surface area (Å²) < 4.78 is 3.15. The molecule has 2 aliphatic rings. The highest BCUT2D eigenvalue weighted by Crippen LogP contribution is 2.34. The molecule has 7 heteroatoms. The number of hydrogen-bond acceptors (Lipinski definition) is 4. The normalized spacial score (nSPS) is 23.4. The van der Waals surface area contributed by atoms with Crippen molar-refractivity contribution < 1.29 is 9.59 Å². The molecule has 0 bridgehead atoms. The number of rotatable bonds is 5. The number of thiophene rings is 1. The molecule has 4 rings (SSSR count). The molecule has 29 heavy (non-hydrogen) atoms. The van der Waals surface area contributed by atoms with Crippen LogP contribution >= 0.6 is 11.3 Å². The first kappa shape index (κ1) is 20.4. The van der Waals surface area contributed by atoms with E-state index in [2.05, 4.69) is 16.3 Å². The minimum absolute atomic E-state index is 0.0146. The maximum Gasteiger partial charge on any atom is 0.271 e. The minimum Gasteiger partial charge on any atom is -0.351 e. The molecule has 0 saturated heterocycles. The number of nitrogens with one attached hydrogen (secondary N) is 1. The van der Waals surface area contributed by atoms with Crippen LogP contribution in [-0.4, -0.2) is 64.9 Å². The van der Waals surface area contributed by atoms with Gasteiger partial charge in [-0.2, -0.15) is 0 Å². The van der Waals surface area contributed by atoms with E-state index in [4.69, 9.17) is 0 Å². The summed E-state index contributed by atoms with van der Waals surface area (Å²) in [5.41, 5.74) is 0.866. The van der Waals surface area contributed by atoms with Gasteiger partial charge in [0.1, 0.15) is 11.2 Å². The summed E-state index contributed by atoms with van der Waals surface area (Å²) in [6, 6.07) is 4.25. The van der Waals surface area contributed by atoms with Gasteiger partial charge in [-0.1, -0.05) is 25.7 Å². The Morgan fingerprint density at radius 1 is 1.28 bits per heavy atom. The predicted molar refractivity (Wildman–Crippen MR) is 117 cm³/mol. The SMILES string of the molecule is CN(C)CCN1C(=O)c2cc3sccc3n2C[C@@]1(C)C(=O)NC1CCCCCC1. The van der Waals surface area contributed by atoms with Crippen LogP contribution in [0.5, 0.6) is 0 Å². The smallest absolute Gasteiger partial charge is 0.271 e. The van der Waals surface area contributed by atoms with Crippen molar-refractivity contribution in [1.29, 1.82) is 0 Å². The number of likely N-dealkylation sites (N-methyl/N-ethyl adjacent to an activating group) is 1. The lowest BCUT2D eigenvalue weighted by Gasteiger charge is -2.45. The molecule has 3 heterocycles. The summed E-state index contributed by atoms with van der Waals surface area (Å²) >= 11 is 1.64. The van der Waals surface area contributed by atoms with Crippen molar-refractivity contribution in [2.24, 2.45) is 0 Å². The fourth-order valence-electron chi connectivity index (χ4n) is 4.69. The van der Waals surface area contributed by atoms with Crippen molar-refractivity contribution in [3.05, 3.63) is 23.2 Å². The highest BCUT2D eigenvalue weighted by molar-refractivity contribution is 7.17. The van der Waals surface area contributed by atoms with Crippen molar-refractivity contribution in [2.75, 3.05) is 27.2 Å². The lowest BCUT2D eigenvalue weighted by molar-refractivity contribution is -0.133. The second kappa shape index (κ2) is 8.11. The molecule has 158 valence electrons. The van der Waals surface area contributed by atoms with Crippen LogP contribution in [-0.2, 0) is 11.3 Å². The average molecular weight is 417 g/mol. The van der Waals surface area contributed by atoms with E-state index in [9.17, 15) is 9.59 Å². The van der Waals surface area contributed by atoms with Gasteiger partial charge < -0.3 is 19.7 Å². The van der Waals surface area contributed by atoms with E-state index in [0.29, 0.717) is 18.8 Å². The van der Waals surface area contributed by atoms with Gasteiger partial charge >= 0.3 is 0 Å². The van der Waals surface area contributed by atoms with Gasteiger partial charge in [-0.25, -0.2) is 0 Å². The van der Waals surface area contributed by atoms with Crippen molar-refractivity contribution in [3.8, 4) is 0 Å². The van der Waals surface area contributed by atoms with Gasteiger partial charge in [-0.3, -0.25) is 9.59 Å². The first-order valence-corrected chi connectivity index (χ1v) is 11.6. The number of hydrogen-bond donors (Lipinski definition) is 1. The molecule has 1 aliphatic carbocycles. The highest BCUT2D eigenvalue weighted by atomic mass is 32.1. The second-order valence-electron chi connectivity index (χ2n) is 8.98. The lowest BCUT2D eigenvalue weighted by atomic mass is 9.93. The predicted octanol–water partition coefficient (Wildman–Crippen LogP) is 3.32. The summed E-state index contributed by atoms with van der Waals surface area (Å²) in [4.78, 5) is 30.9. The molecule has 6 nitrogen and oxygen atoms in total. The maximum atomic E-state index is 13.6. The maximum absolute atomic E-state index is 13.6. The Morgan fingerprint density at radius 2 is 2.00 bits per heavy atom. The van der Waals surface area contributed by atoms with Gasteiger partial charge in [0, 0.05) is 19.1 Å². The van der Waals surface area contributed by atoms with Crippen LogP contribution in [0.1, 0.15) is 55.9 Å². The molecular formula is C22H32N4O2S. The molecule has 0 spiro atoms. The van der Waals surface area contributed by atoms with Gasteiger partial charge in [-0.05, 0) is 51.4 Å². The lowest BCUT2D eigenvalue weighted by Crippen LogP contribution is -2.65. The topological polar surface area (TPSA) is 57.6 Å². The van der Waals surface area contributed by atoms with Crippen LogP contribution in [0.2, 0.25) is 0 Å². The second-order valence-corrected chi connectivity index (χ2v) is 9.93. The van der Waals surface area contributed by atoms with E-state index in [1.54, 1.807) is 16.2 Å². The molecule has 2 aromatic rings. The molecule has 2 amide bonds. The van der Waals surface area contributed by atoms with E-state index >= 15 is 0 Å². The third-order valence-electron chi connectivity index (χ3n) is 6.50. The Hall–Kier alpha value is -1.86. The van der Waals surface area contributed by atoms with Gasteiger partial charge in [0.2, 0.25) is 5.91 Å². The first-order valence-electron chi connectivity index (χ1n) is 10.7. The van der Waals surface area contributed by atoms with E-state index in [0.717, 1.165) is 29.6 Å². The molecule has 1 saturated carbocycles. The number of nitrogens with zero attached hydrogens (tertiary/aromatic N) is 3. The van der Waals surface area contributed by atoms with E-state index in [-0.39, 0.29) is 17.9 Å². The summed E-state index contributed by atoms with van der Waals surface area (Å²) in [7, 11) is 3.99. The quantitative estimate of drug-likeness (QED) is 0.761. The number of carbonyl (C=O) groups is 2. The Labute approximate surface area is 176 Å². The van der Waals surface area contributed by atoms with Crippen molar-refractivity contribution >= 4 is 33.4 Å². The summed E-state index contributed by atoms with van der Waals surface area (Å²) in [5.74, 6) is -0.0562. The van der Waals surface area contributed by atoms with Gasteiger partial charge in [0.25, 0.3) is 5.91 Å². The Morgan fingerprint density at radius 3 is 2.69 bits per heavy atom. The largest absolute Gasteiger partial charge is 0.351 e. The van der Waals surface area contributed by atoms with Crippen LogP contribution in [0.15, 0.2) is 17.5 Å². The van der Waals surface area contributed by atoms with E-state index in [1.807, 2.05) is 37.0 Å². The van der Waals surface area contributed by atoms with Gasteiger partial charge in [-0.15, -0.1) is 11.3 Å². The molecule has 1 atom stereocenters. The first-order chi connectivity index (χ1) is 13.9. The molecule has 1 N–H and O–H groups in total. The molecule has 2 aromatic heterocycles. The number of amides is 2. The fraction of sp³-hybridized carbons (Fsp3) is 0.636. The number of fused-ring (bicyclic) bond motifs is 3. The number of carbonyl (C=O) groups excluding carboxylic acids is 2. The highest BCUT2D eigenvalue weighted by Gasteiger charge is 2.48. The van der Waals surface area contributed by atoms with Crippen molar-refractivity contribution in [1.82, 2.24) is 19.7 Å². The van der Waals surface area contributed by atoms with Gasteiger partial charge in [0.15, 0.2) is 0 Å². The molecule has 0 aromatic carbocycles. The average Bonchev–Trinajstić information content (AvgIpc) is 3.16.